The monoisotopic (exact) mass is 1010 g/mol. The summed E-state index contributed by atoms with van der Waals surface area (Å²) in [5.41, 5.74) is 16.2. The highest BCUT2D eigenvalue weighted by atomic mass is 14.3. The molecule has 0 aliphatic carbocycles. The first-order valence-corrected chi connectivity index (χ1v) is 29.5. The van der Waals surface area contributed by atoms with Crippen molar-refractivity contribution in [3.05, 3.63) is 229 Å². The van der Waals surface area contributed by atoms with E-state index in [1.807, 2.05) is 0 Å². The molecule has 0 aliphatic rings. The van der Waals surface area contributed by atoms with Gasteiger partial charge in [0.15, 0.2) is 0 Å². The van der Waals surface area contributed by atoms with E-state index in [1.54, 1.807) is 0 Å². The number of hydrogen-bond acceptors (Lipinski definition) is 0. The van der Waals surface area contributed by atoms with Crippen molar-refractivity contribution in [2.24, 2.45) is 0 Å². The summed E-state index contributed by atoms with van der Waals surface area (Å²) < 4.78 is 0. The molecule has 0 radical (unpaired) electrons. The van der Waals surface area contributed by atoms with Crippen LogP contribution in [0.1, 0.15) is 101 Å². The first-order valence-electron chi connectivity index (χ1n) is 29.5. The van der Waals surface area contributed by atoms with E-state index >= 15 is 0 Å². The van der Waals surface area contributed by atoms with Crippen LogP contribution < -0.4 is 0 Å². The van der Waals surface area contributed by atoms with Gasteiger partial charge in [-0.2, -0.15) is 0 Å². The molecule has 0 unspecified atom stereocenters. The molecule has 0 saturated heterocycles. The first kappa shape index (κ1) is 49.5. The van der Waals surface area contributed by atoms with Gasteiger partial charge in [0.05, 0.1) is 0 Å². The smallest absolute Gasteiger partial charge is 0.00201 e. The zero-order chi connectivity index (χ0) is 52.7. The van der Waals surface area contributed by atoms with E-state index in [9.17, 15) is 0 Å². The molecule has 0 spiro atoms. The second-order valence-electron chi connectivity index (χ2n) is 22.1. The molecule has 78 heavy (non-hydrogen) atoms. The van der Waals surface area contributed by atoms with Gasteiger partial charge in [-0.3, -0.25) is 0 Å². The normalized spacial score (nSPS) is 11.9. The van der Waals surface area contributed by atoms with Gasteiger partial charge < -0.3 is 0 Å². The fraction of sp³-hybridized carbons (Fsp3) is 0.205. The van der Waals surface area contributed by atoms with Crippen molar-refractivity contribution < 1.29 is 0 Å². The van der Waals surface area contributed by atoms with Crippen molar-refractivity contribution in [1.29, 1.82) is 0 Å². The zero-order valence-corrected chi connectivity index (χ0v) is 46.1. The lowest BCUT2D eigenvalue weighted by atomic mass is 9.76. The summed E-state index contributed by atoms with van der Waals surface area (Å²) >= 11 is 0. The van der Waals surface area contributed by atoms with Crippen molar-refractivity contribution in [3.63, 3.8) is 0 Å². The van der Waals surface area contributed by atoms with Crippen LogP contribution in [0.5, 0.6) is 0 Å². The van der Waals surface area contributed by atoms with E-state index in [2.05, 4.69) is 234 Å². The summed E-state index contributed by atoms with van der Waals surface area (Å²) in [6.07, 6.45) is 13.3. The molecule has 0 nitrogen and oxygen atoms in total. The van der Waals surface area contributed by atoms with Gasteiger partial charge in [0.1, 0.15) is 0 Å². The van der Waals surface area contributed by atoms with Crippen LogP contribution in [0.4, 0.5) is 0 Å². The average molecular weight is 1010 g/mol. The molecule has 0 fully saturated rings. The molecule has 0 heterocycles. The quantitative estimate of drug-likeness (QED) is 0.0846. The molecule has 0 atom stereocenters. The van der Waals surface area contributed by atoms with E-state index in [1.165, 1.54) is 153 Å². The molecule has 13 aromatic carbocycles. The standard InChI is InChI=1S/C78H70/c1-5-9-29-51-55-33-13-21-41-63(55)75(64-42-22-14-34-56(51)64)71-49-73(77-67-45-25-17-37-59(67)53(31-11-7-3)60-38-18-26-46-68(60)77)74(78-69-47-27-19-39-61(69)54(32-12-8-4)62-40-20-28-48-70(62)78)50-72(71)76-65-43-23-15-35-57(65)52(30-10-6-2)58-36-16-24-44-66(58)76/h13-28,33-50H,5-12,29-32H2,1-4H3. The molecule has 0 saturated carbocycles. The molecule has 13 aromatic rings. The van der Waals surface area contributed by atoms with E-state index in [4.69, 9.17) is 0 Å². The number of benzene rings is 13. The second kappa shape index (κ2) is 21.4. The van der Waals surface area contributed by atoms with Gasteiger partial charge in [-0.05, 0) is 216 Å². The average Bonchev–Trinajstić information content (AvgIpc) is 3.67. The van der Waals surface area contributed by atoms with Gasteiger partial charge in [-0.15, -0.1) is 0 Å². The summed E-state index contributed by atoms with van der Waals surface area (Å²) in [4.78, 5) is 0. The minimum absolute atomic E-state index is 1.04. The van der Waals surface area contributed by atoms with Gasteiger partial charge >= 0.3 is 0 Å². The number of aryl methyl sites for hydroxylation is 4. The van der Waals surface area contributed by atoms with Crippen molar-refractivity contribution in [2.75, 3.05) is 0 Å². The van der Waals surface area contributed by atoms with Gasteiger partial charge in [-0.1, -0.05) is 248 Å². The minimum atomic E-state index is 1.04. The molecule has 0 heteroatoms. The lowest BCUT2D eigenvalue weighted by Crippen LogP contribution is -2.01. The van der Waals surface area contributed by atoms with Crippen LogP contribution in [0.3, 0.4) is 0 Å². The van der Waals surface area contributed by atoms with Gasteiger partial charge in [0.25, 0.3) is 0 Å². The highest BCUT2D eigenvalue weighted by molar-refractivity contribution is 6.26. The van der Waals surface area contributed by atoms with E-state index < -0.39 is 0 Å². The second-order valence-corrected chi connectivity index (χ2v) is 22.1. The summed E-state index contributed by atoms with van der Waals surface area (Å²) in [6.45, 7) is 9.30. The third kappa shape index (κ3) is 8.26. The minimum Gasteiger partial charge on any atom is -0.0654 e. The van der Waals surface area contributed by atoms with Crippen molar-refractivity contribution in [2.45, 2.75) is 105 Å². The Morgan fingerprint density at radius 3 is 0.474 bits per heavy atom. The molecule has 0 N–H and O–H groups in total. The molecular weight excluding hydrogens is 937 g/mol. The third-order valence-electron chi connectivity index (χ3n) is 17.5. The Kier molecular flexibility index (Phi) is 13.6. The molecule has 0 bridgehead atoms. The first-order chi connectivity index (χ1) is 38.6. The van der Waals surface area contributed by atoms with Crippen LogP contribution in [0.25, 0.3) is 131 Å². The Labute approximate surface area is 461 Å². The molecular formula is C78H70. The summed E-state index contributed by atoms with van der Waals surface area (Å²) in [5, 5.41) is 21.4. The maximum absolute atomic E-state index is 2.70. The van der Waals surface area contributed by atoms with Crippen LogP contribution in [0, 0.1) is 0 Å². The lowest BCUT2D eigenvalue weighted by molar-refractivity contribution is 0.802. The maximum Gasteiger partial charge on any atom is -0.00201 e. The molecule has 0 aliphatic heterocycles. The van der Waals surface area contributed by atoms with Crippen LogP contribution >= 0.6 is 0 Å². The summed E-state index contributed by atoms with van der Waals surface area (Å²) in [5.74, 6) is 0. The molecule has 382 valence electrons. The van der Waals surface area contributed by atoms with E-state index in [0.717, 1.165) is 77.0 Å². The lowest BCUT2D eigenvalue weighted by Gasteiger charge is -2.27. The fourth-order valence-electron chi connectivity index (χ4n) is 14.0. The highest BCUT2D eigenvalue weighted by Crippen LogP contribution is 2.54. The van der Waals surface area contributed by atoms with Crippen molar-refractivity contribution in [3.8, 4) is 44.5 Å². The Morgan fingerprint density at radius 1 is 0.192 bits per heavy atom. The van der Waals surface area contributed by atoms with E-state index in [-0.39, 0.29) is 0 Å². The topological polar surface area (TPSA) is 0 Å². The number of rotatable bonds is 16. The Morgan fingerprint density at radius 2 is 0.333 bits per heavy atom. The SMILES string of the molecule is CCCCc1c2ccccc2c(-c2cc(-c3c4ccccc4c(CCCC)c4ccccc34)c(-c3c4ccccc4c(CCCC)c4ccccc34)cc2-c2c3ccccc3c(CCCC)c3ccccc23)c2ccccc12. The van der Waals surface area contributed by atoms with Crippen LogP contribution in [-0.4, -0.2) is 0 Å². The van der Waals surface area contributed by atoms with Crippen molar-refractivity contribution >= 4 is 86.2 Å². The van der Waals surface area contributed by atoms with Gasteiger partial charge in [-0.25, -0.2) is 0 Å². The van der Waals surface area contributed by atoms with E-state index in [0.29, 0.717) is 0 Å². The Balaban J connectivity index is 1.31. The fourth-order valence-corrected chi connectivity index (χ4v) is 14.0. The largest absolute Gasteiger partial charge is 0.0654 e. The zero-order valence-electron chi connectivity index (χ0n) is 46.1. The Hall–Kier alpha value is -8.06. The van der Waals surface area contributed by atoms with Crippen LogP contribution in [-0.2, 0) is 25.7 Å². The number of fused-ring (bicyclic) bond motifs is 8. The van der Waals surface area contributed by atoms with Crippen LogP contribution in [0.15, 0.2) is 206 Å². The van der Waals surface area contributed by atoms with Crippen molar-refractivity contribution in [1.82, 2.24) is 0 Å². The number of unbranched alkanes of at least 4 members (excludes halogenated alkanes) is 4. The Bertz CT molecular complexity index is 3640. The molecule has 13 rings (SSSR count). The van der Waals surface area contributed by atoms with Crippen LogP contribution in [0.2, 0.25) is 0 Å². The summed E-state index contributed by atoms with van der Waals surface area (Å²) in [6, 6.07) is 80.4. The molecule has 0 amide bonds. The third-order valence-corrected chi connectivity index (χ3v) is 17.5. The molecule has 0 aromatic heterocycles. The highest BCUT2D eigenvalue weighted by Gasteiger charge is 2.28. The summed E-state index contributed by atoms with van der Waals surface area (Å²) in [7, 11) is 0. The number of hydrogen-bond donors (Lipinski definition) is 0. The van der Waals surface area contributed by atoms with Gasteiger partial charge in [0.2, 0.25) is 0 Å². The predicted octanol–water partition coefficient (Wildman–Crippen LogP) is 23.0. The van der Waals surface area contributed by atoms with Gasteiger partial charge in [0, 0.05) is 0 Å². The predicted molar refractivity (Wildman–Crippen MR) is 343 cm³/mol. The maximum atomic E-state index is 2.70.